The van der Waals surface area contributed by atoms with Crippen LogP contribution < -0.4 is 10.6 Å². The highest BCUT2D eigenvalue weighted by molar-refractivity contribution is 5.74. The van der Waals surface area contributed by atoms with Crippen LogP contribution in [0, 0.1) is 5.92 Å². The zero-order chi connectivity index (χ0) is 15.9. The quantitative estimate of drug-likeness (QED) is 0.815. The average molecular weight is 310 g/mol. The van der Waals surface area contributed by atoms with Crippen LogP contribution in [0.25, 0.3) is 0 Å². The normalized spacial score (nSPS) is 31.0. The summed E-state index contributed by atoms with van der Waals surface area (Å²) in [7, 11) is 4.30. The average Bonchev–Trinajstić information content (AvgIpc) is 2.50. The number of hydrogen-bond donors (Lipinski definition) is 2. The van der Waals surface area contributed by atoms with Gasteiger partial charge in [0.05, 0.1) is 0 Å². The molecule has 128 valence electrons. The Morgan fingerprint density at radius 1 is 1.18 bits per heavy atom. The number of nitrogens with zero attached hydrogens (tertiary/aromatic N) is 2. The third-order valence-corrected chi connectivity index (χ3v) is 5.36. The Labute approximate surface area is 135 Å². The summed E-state index contributed by atoms with van der Waals surface area (Å²) in [6, 6.07) is 0.817. The van der Waals surface area contributed by atoms with Crippen LogP contribution in [0.4, 0.5) is 4.79 Å². The van der Waals surface area contributed by atoms with Crippen LogP contribution in [0.5, 0.6) is 0 Å². The largest absolute Gasteiger partial charge is 0.337 e. The lowest BCUT2D eigenvalue weighted by Crippen LogP contribution is -2.56. The highest BCUT2D eigenvalue weighted by Crippen LogP contribution is 2.27. The molecule has 0 spiro atoms. The van der Waals surface area contributed by atoms with Crippen molar-refractivity contribution in [3.8, 4) is 0 Å². The minimum absolute atomic E-state index is 0.0228. The van der Waals surface area contributed by atoms with Gasteiger partial charge in [0, 0.05) is 38.3 Å². The van der Waals surface area contributed by atoms with Crippen LogP contribution in [-0.4, -0.2) is 68.2 Å². The molecule has 3 unspecified atom stereocenters. The summed E-state index contributed by atoms with van der Waals surface area (Å²) < 4.78 is 0. The summed E-state index contributed by atoms with van der Waals surface area (Å²) in [5.41, 5.74) is 0. The van der Waals surface area contributed by atoms with E-state index < -0.39 is 0 Å². The molecule has 2 aliphatic rings. The number of hydrogen-bond acceptors (Lipinski definition) is 3. The molecule has 1 heterocycles. The van der Waals surface area contributed by atoms with Gasteiger partial charge in [-0.15, -0.1) is 0 Å². The van der Waals surface area contributed by atoms with Gasteiger partial charge in [0.25, 0.3) is 0 Å². The predicted octanol–water partition coefficient (Wildman–Crippen LogP) is 1.89. The first-order chi connectivity index (χ1) is 10.6. The maximum atomic E-state index is 12.2. The van der Waals surface area contributed by atoms with Crippen molar-refractivity contribution in [2.45, 2.75) is 57.5 Å². The fourth-order valence-electron chi connectivity index (χ4n) is 3.87. The third-order valence-electron chi connectivity index (χ3n) is 5.36. The second-order valence-corrected chi connectivity index (χ2v) is 7.19. The molecule has 1 aliphatic heterocycles. The molecule has 1 saturated carbocycles. The van der Waals surface area contributed by atoms with Crippen LogP contribution in [0.3, 0.4) is 0 Å². The van der Waals surface area contributed by atoms with Gasteiger partial charge in [0.15, 0.2) is 0 Å². The number of piperazine rings is 1. The molecule has 0 aromatic heterocycles. The first-order valence-corrected chi connectivity index (χ1v) is 9.03. The van der Waals surface area contributed by atoms with Gasteiger partial charge in [-0.05, 0) is 39.3 Å². The zero-order valence-electron chi connectivity index (χ0n) is 14.6. The SMILES string of the molecule is CCCC1CCCCC1NC(=O)NCC1CN(C)CCN1C. The van der Waals surface area contributed by atoms with Crippen molar-refractivity contribution in [3.63, 3.8) is 0 Å². The Kier molecular flexibility index (Phi) is 6.96. The third kappa shape index (κ3) is 5.13. The number of urea groups is 1. The number of nitrogens with one attached hydrogen (secondary N) is 2. The minimum atomic E-state index is 0.0228. The molecule has 2 N–H and O–H groups in total. The van der Waals surface area contributed by atoms with E-state index >= 15 is 0 Å². The van der Waals surface area contributed by atoms with Gasteiger partial charge in [0.1, 0.15) is 0 Å². The number of likely N-dealkylation sites (N-methyl/N-ethyl adjacent to an activating group) is 2. The van der Waals surface area contributed by atoms with Gasteiger partial charge in [-0.25, -0.2) is 4.79 Å². The first-order valence-electron chi connectivity index (χ1n) is 9.03. The van der Waals surface area contributed by atoms with Crippen molar-refractivity contribution in [1.82, 2.24) is 20.4 Å². The lowest BCUT2D eigenvalue weighted by Gasteiger charge is -2.38. The summed E-state index contributed by atoms with van der Waals surface area (Å²) >= 11 is 0. The van der Waals surface area contributed by atoms with E-state index in [9.17, 15) is 4.79 Å². The molecule has 0 aromatic rings. The van der Waals surface area contributed by atoms with Crippen LogP contribution in [-0.2, 0) is 0 Å². The predicted molar refractivity (Wildman–Crippen MR) is 91.1 cm³/mol. The van der Waals surface area contributed by atoms with E-state index in [2.05, 4.69) is 41.5 Å². The summed E-state index contributed by atoms with van der Waals surface area (Å²) in [6.07, 6.45) is 7.44. The number of carbonyl (C=O) groups excluding carboxylic acids is 1. The fourth-order valence-corrected chi connectivity index (χ4v) is 3.87. The summed E-state index contributed by atoms with van der Waals surface area (Å²) in [4.78, 5) is 16.9. The number of amides is 2. The summed E-state index contributed by atoms with van der Waals surface area (Å²) in [5, 5.41) is 6.33. The highest BCUT2D eigenvalue weighted by atomic mass is 16.2. The molecule has 5 heteroatoms. The first kappa shape index (κ1) is 17.5. The van der Waals surface area contributed by atoms with E-state index in [1.807, 2.05) is 0 Å². The van der Waals surface area contributed by atoms with E-state index in [4.69, 9.17) is 0 Å². The van der Waals surface area contributed by atoms with Gasteiger partial charge >= 0.3 is 6.03 Å². The molecule has 3 atom stereocenters. The molecular weight excluding hydrogens is 276 g/mol. The van der Waals surface area contributed by atoms with Gasteiger partial charge < -0.3 is 15.5 Å². The van der Waals surface area contributed by atoms with Crippen molar-refractivity contribution < 1.29 is 4.79 Å². The van der Waals surface area contributed by atoms with Crippen molar-refractivity contribution in [1.29, 1.82) is 0 Å². The van der Waals surface area contributed by atoms with Crippen molar-refractivity contribution in [2.24, 2.45) is 5.92 Å². The van der Waals surface area contributed by atoms with Crippen LogP contribution in [0.1, 0.15) is 45.4 Å². The van der Waals surface area contributed by atoms with Gasteiger partial charge in [-0.3, -0.25) is 4.90 Å². The molecule has 2 amide bonds. The lowest BCUT2D eigenvalue weighted by atomic mass is 9.82. The smallest absolute Gasteiger partial charge is 0.315 e. The Morgan fingerprint density at radius 2 is 1.95 bits per heavy atom. The van der Waals surface area contributed by atoms with Crippen LogP contribution in [0.2, 0.25) is 0 Å². The van der Waals surface area contributed by atoms with Crippen LogP contribution in [0.15, 0.2) is 0 Å². The van der Waals surface area contributed by atoms with Crippen molar-refractivity contribution >= 4 is 6.03 Å². The summed E-state index contributed by atoms with van der Waals surface area (Å²) in [5.74, 6) is 0.674. The zero-order valence-corrected chi connectivity index (χ0v) is 14.6. The minimum Gasteiger partial charge on any atom is -0.337 e. The molecule has 1 aliphatic carbocycles. The van der Waals surface area contributed by atoms with Crippen LogP contribution >= 0.6 is 0 Å². The second kappa shape index (κ2) is 8.73. The van der Waals surface area contributed by atoms with E-state index in [1.54, 1.807) is 0 Å². The highest BCUT2D eigenvalue weighted by Gasteiger charge is 2.26. The van der Waals surface area contributed by atoms with Crippen molar-refractivity contribution in [2.75, 3.05) is 40.3 Å². The van der Waals surface area contributed by atoms with Gasteiger partial charge in [-0.2, -0.15) is 0 Å². The van der Waals surface area contributed by atoms with E-state index in [0.29, 0.717) is 18.0 Å². The molecule has 0 aromatic carbocycles. The maximum Gasteiger partial charge on any atom is 0.315 e. The standard InChI is InChI=1S/C17H34N4O/c1-4-7-14-8-5-6-9-16(14)19-17(22)18-12-15-13-20(2)10-11-21(15)3/h14-16H,4-13H2,1-3H3,(H2,18,19,22). The molecular formula is C17H34N4O. The lowest BCUT2D eigenvalue weighted by molar-refractivity contribution is 0.114. The van der Waals surface area contributed by atoms with Crippen molar-refractivity contribution in [3.05, 3.63) is 0 Å². The van der Waals surface area contributed by atoms with Gasteiger partial charge in [0.2, 0.25) is 0 Å². The maximum absolute atomic E-state index is 12.2. The second-order valence-electron chi connectivity index (χ2n) is 7.19. The topological polar surface area (TPSA) is 47.6 Å². The monoisotopic (exact) mass is 310 g/mol. The van der Waals surface area contributed by atoms with E-state index in [-0.39, 0.29) is 6.03 Å². The molecule has 0 radical (unpaired) electrons. The molecule has 22 heavy (non-hydrogen) atoms. The molecule has 0 bridgehead atoms. The molecule has 5 nitrogen and oxygen atoms in total. The fraction of sp³-hybridized carbons (Fsp3) is 0.941. The Bertz CT molecular complexity index is 348. The number of carbonyl (C=O) groups is 1. The Hall–Kier alpha value is -0.810. The van der Waals surface area contributed by atoms with Gasteiger partial charge in [-0.1, -0.05) is 26.2 Å². The summed E-state index contributed by atoms with van der Waals surface area (Å²) in [6.45, 7) is 6.18. The van der Waals surface area contributed by atoms with E-state index in [0.717, 1.165) is 32.6 Å². The number of rotatable bonds is 5. The van der Waals surface area contributed by atoms with E-state index in [1.165, 1.54) is 32.1 Å². The molecule has 1 saturated heterocycles. The Morgan fingerprint density at radius 3 is 2.73 bits per heavy atom. The Balaban J connectivity index is 1.74. The molecule has 2 fully saturated rings. The molecule has 2 rings (SSSR count).